The van der Waals surface area contributed by atoms with Gasteiger partial charge in [-0.15, -0.1) is 0 Å². The number of carboxylic acid groups (broad SMARTS) is 1. The molecule has 160 valence electrons. The first-order valence-corrected chi connectivity index (χ1v) is 10.2. The number of halogens is 2. The average molecular weight is 416 g/mol. The highest BCUT2D eigenvalue weighted by Crippen LogP contribution is 2.46. The van der Waals surface area contributed by atoms with Crippen LogP contribution in [0.25, 0.3) is 0 Å². The van der Waals surface area contributed by atoms with Gasteiger partial charge in [0.2, 0.25) is 0 Å². The molecule has 2 heterocycles. The maximum absolute atomic E-state index is 14.0. The van der Waals surface area contributed by atoms with Gasteiger partial charge in [-0.1, -0.05) is 0 Å². The average Bonchev–Trinajstić information content (AvgIpc) is 2.96. The van der Waals surface area contributed by atoms with Crippen molar-refractivity contribution in [1.82, 2.24) is 4.90 Å². The second-order valence-electron chi connectivity index (χ2n) is 8.61. The Balaban J connectivity index is 1.45. The molecule has 7 heteroatoms. The van der Waals surface area contributed by atoms with Crippen LogP contribution in [0, 0.1) is 17.6 Å². The number of piperidine rings is 1. The number of aliphatic carboxylic acids is 1. The van der Waals surface area contributed by atoms with E-state index in [1.54, 1.807) is 6.07 Å². The fourth-order valence-corrected chi connectivity index (χ4v) is 5.01. The second kappa shape index (κ2) is 7.87. The molecule has 0 amide bonds. The lowest BCUT2D eigenvalue weighted by molar-refractivity contribution is -0.142. The molecule has 2 aliphatic heterocycles. The third-order valence-electron chi connectivity index (χ3n) is 6.62. The minimum Gasteiger partial charge on any atom is -0.508 e. The van der Waals surface area contributed by atoms with Crippen molar-refractivity contribution in [2.45, 2.75) is 24.7 Å². The zero-order valence-corrected chi connectivity index (χ0v) is 16.9. The number of hydrogen-bond donors (Lipinski definition) is 2. The van der Waals surface area contributed by atoms with Crippen molar-refractivity contribution in [3.8, 4) is 5.75 Å². The van der Waals surface area contributed by atoms with Crippen molar-refractivity contribution in [2.24, 2.45) is 5.92 Å². The molecule has 0 bridgehead atoms. The number of fused-ring (bicyclic) bond motifs is 2. The van der Waals surface area contributed by atoms with Crippen molar-refractivity contribution >= 4 is 11.7 Å². The molecule has 4 rings (SSSR count). The van der Waals surface area contributed by atoms with Crippen molar-refractivity contribution in [3.63, 3.8) is 0 Å². The standard InChI is InChI=1S/C23H26F2N2O3/c1-26-14-23(19-12-17(24)2-5-21(19)26)6-8-27(9-7-23)13-16(22(29)30)10-15-11-18(28)3-4-20(15)25/h2-5,11-12,16,28H,6-10,13-14H2,1H3,(H,29,30). The molecule has 1 saturated heterocycles. The van der Waals surface area contributed by atoms with E-state index in [-0.39, 0.29) is 29.0 Å². The third kappa shape index (κ3) is 3.86. The number of rotatable bonds is 5. The summed E-state index contributed by atoms with van der Waals surface area (Å²) in [5.74, 6) is -2.57. The quantitative estimate of drug-likeness (QED) is 0.782. The molecular weight excluding hydrogens is 390 g/mol. The van der Waals surface area contributed by atoms with Crippen LogP contribution in [0.3, 0.4) is 0 Å². The zero-order valence-electron chi connectivity index (χ0n) is 16.9. The Labute approximate surface area is 174 Å². The number of likely N-dealkylation sites (tertiary alicyclic amines) is 1. The maximum Gasteiger partial charge on any atom is 0.308 e. The van der Waals surface area contributed by atoms with Crippen molar-refractivity contribution < 1.29 is 23.8 Å². The SMILES string of the molecule is CN1CC2(CCN(CC(Cc3cc(O)ccc3F)C(=O)O)CC2)c2cc(F)ccc21. The predicted octanol–water partition coefficient (Wildman–Crippen LogP) is 3.40. The van der Waals surface area contributed by atoms with Gasteiger partial charge >= 0.3 is 5.97 Å². The van der Waals surface area contributed by atoms with Gasteiger partial charge in [-0.05, 0) is 79.9 Å². The number of benzene rings is 2. The Morgan fingerprint density at radius 2 is 1.90 bits per heavy atom. The molecule has 5 nitrogen and oxygen atoms in total. The summed E-state index contributed by atoms with van der Waals surface area (Å²) >= 11 is 0. The Morgan fingerprint density at radius 3 is 2.60 bits per heavy atom. The lowest BCUT2D eigenvalue weighted by atomic mass is 9.74. The van der Waals surface area contributed by atoms with E-state index in [1.165, 1.54) is 18.2 Å². The van der Waals surface area contributed by atoms with Gasteiger partial charge in [0.25, 0.3) is 0 Å². The molecule has 1 atom stereocenters. The predicted molar refractivity (Wildman–Crippen MR) is 110 cm³/mol. The minimum absolute atomic E-state index is 0.0218. The number of nitrogens with zero attached hydrogens (tertiary/aromatic N) is 2. The molecule has 1 unspecified atom stereocenters. The lowest BCUT2D eigenvalue weighted by Gasteiger charge is -2.40. The number of hydrogen-bond acceptors (Lipinski definition) is 4. The number of aromatic hydroxyl groups is 1. The summed E-state index contributed by atoms with van der Waals surface area (Å²) in [7, 11) is 2.02. The van der Waals surface area contributed by atoms with E-state index in [0.717, 1.165) is 36.7 Å². The van der Waals surface area contributed by atoms with Crippen LogP contribution in [-0.2, 0) is 16.6 Å². The molecular formula is C23H26F2N2O3. The van der Waals surface area contributed by atoms with Gasteiger partial charge in [-0.2, -0.15) is 0 Å². The summed E-state index contributed by atoms with van der Waals surface area (Å²) in [6.45, 7) is 2.55. The molecule has 1 fully saturated rings. The molecule has 2 aromatic rings. The molecule has 0 aromatic heterocycles. The lowest BCUT2D eigenvalue weighted by Crippen LogP contribution is -2.47. The highest BCUT2D eigenvalue weighted by atomic mass is 19.1. The van der Waals surface area contributed by atoms with Crippen LogP contribution < -0.4 is 4.90 Å². The van der Waals surface area contributed by atoms with Crippen LogP contribution >= 0.6 is 0 Å². The van der Waals surface area contributed by atoms with E-state index in [4.69, 9.17) is 0 Å². The van der Waals surface area contributed by atoms with Crippen LogP contribution in [0.15, 0.2) is 36.4 Å². The third-order valence-corrected chi connectivity index (χ3v) is 6.62. The van der Waals surface area contributed by atoms with E-state index < -0.39 is 17.7 Å². The van der Waals surface area contributed by atoms with Gasteiger partial charge in [0.05, 0.1) is 5.92 Å². The summed E-state index contributed by atoms with van der Waals surface area (Å²) in [5.41, 5.74) is 2.20. The van der Waals surface area contributed by atoms with Gasteiger partial charge in [0, 0.05) is 31.2 Å². The summed E-state index contributed by atoms with van der Waals surface area (Å²) in [4.78, 5) is 16.1. The van der Waals surface area contributed by atoms with Crippen LogP contribution in [0.2, 0.25) is 0 Å². The van der Waals surface area contributed by atoms with Crippen molar-refractivity contribution in [2.75, 3.05) is 38.1 Å². The zero-order chi connectivity index (χ0) is 21.5. The Hall–Kier alpha value is -2.67. The number of phenolic OH excluding ortho intramolecular Hbond substituents is 1. The summed E-state index contributed by atoms with van der Waals surface area (Å²) < 4.78 is 27.9. The fraction of sp³-hybridized carbons (Fsp3) is 0.435. The fourth-order valence-electron chi connectivity index (χ4n) is 5.01. The molecule has 1 spiro atoms. The van der Waals surface area contributed by atoms with Crippen molar-refractivity contribution in [3.05, 3.63) is 59.2 Å². The molecule has 2 aliphatic rings. The van der Waals surface area contributed by atoms with E-state index >= 15 is 0 Å². The van der Waals surface area contributed by atoms with E-state index in [9.17, 15) is 23.8 Å². The van der Waals surface area contributed by atoms with Crippen LogP contribution in [0.5, 0.6) is 5.75 Å². The molecule has 2 N–H and O–H groups in total. The molecule has 0 aliphatic carbocycles. The molecule has 0 saturated carbocycles. The molecule has 0 radical (unpaired) electrons. The van der Waals surface area contributed by atoms with E-state index in [2.05, 4.69) is 9.80 Å². The van der Waals surface area contributed by atoms with Crippen LogP contribution in [0.1, 0.15) is 24.0 Å². The smallest absolute Gasteiger partial charge is 0.308 e. The number of carbonyl (C=O) groups is 1. The number of carboxylic acids is 1. The first-order valence-electron chi connectivity index (χ1n) is 10.2. The Morgan fingerprint density at radius 1 is 1.17 bits per heavy atom. The monoisotopic (exact) mass is 416 g/mol. The first kappa shape index (κ1) is 20.6. The topological polar surface area (TPSA) is 64.0 Å². The number of anilines is 1. The van der Waals surface area contributed by atoms with E-state index in [0.29, 0.717) is 19.6 Å². The largest absolute Gasteiger partial charge is 0.508 e. The summed E-state index contributed by atoms with van der Waals surface area (Å²) in [6, 6.07) is 8.65. The first-order chi connectivity index (χ1) is 14.3. The number of likely N-dealkylation sites (N-methyl/N-ethyl adjacent to an activating group) is 1. The Kier molecular flexibility index (Phi) is 5.40. The summed E-state index contributed by atoms with van der Waals surface area (Å²) in [5, 5.41) is 19.3. The van der Waals surface area contributed by atoms with Crippen molar-refractivity contribution in [1.29, 1.82) is 0 Å². The molecule has 2 aromatic carbocycles. The second-order valence-corrected chi connectivity index (χ2v) is 8.61. The van der Waals surface area contributed by atoms with Crippen LogP contribution in [0.4, 0.5) is 14.5 Å². The molecule has 30 heavy (non-hydrogen) atoms. The van der Waals surface area contributed by atoms with Gasteiger partial charge < -0.3 is 20.0 Å². The van der Waals surface area contributed by atoms with Gasteiger partial charge in [0.15, 0.2) is 0 Å². The maximum atomic E-state index is 14.0. The van der Waals surface area contributed by atoms with Gasteiger partial charge in [-0.25, -0.2) is 8.78 Å². The normalized spacial score (nSPS) is 19.1. The highest BCUT2D eigenvalue weighted by Gasteiger charge is 2.44. The van der Waals surface area contributed by atoms with E-state index in [1.807, 2.05) is 13.1 Å². The van der Waals surface area contributed by atoms with Gasteiger partial charge in [-0.3, -0.25) is 4.79 Å². The Bertz CT molecular complexity index is 957. The minimum atomic E-state index is -0.981. The number of phenols is 1. The van der Waals surface area contributed by atoms with Gasteiger partial charge in [0.1, 0.15) is 17.4 Å². The summed E-state index contributed by atoms with van der Waals surface area (Å²) in [6.07, 6.45) is 1.66. The van der Waals surface area contributed by atoms with Crippen LogP contribution in [-0.4, -0.2) is 54.3 Å². The highest BCUT2D eigenvalue weighted by molar-refractivity contribution is 5.70.